The third-order valence-corrected chi connectivity index (χ3v) is 4.12. The summed E-state index contributed by atoms with van der Waals surface area (Å²) in [6, 6.07) is 8.87. The predicted octanol–water partition coefficient (Wildman–Crippen LogP) is 2.30. The molecule has 5 heteroatoms. The lowest BCUT2D eigenvalue weighted by atomic mass is 9.92. The molecule has 0 radical (unpaired) electrons. The molecule has 0 saturated carbocycles. The van der Waals surface area contributed by atoms with Gasteiger partial charge < -0.3 is 14.7 Å². The standard InChI is InChI=1S/C17H23NO4/c1-12-8-9-18(15(10-12)17(20)21)16(19)13(2)22-11-14-6-4-3-5-7-14/h3-7,12-13,15H,8-11H2,1-2H3,(H,20,21). The lowest BCUT2D eigenvalue weighted by Gasteiger charge is -2.37. The van der Waals surface area contributed by atoms with Gasteiger partial charge >= 0.3 is 5.97 Å². The number of rotatable bonds is 5. The minimum Gasteiger partial charge on any atom is -0.480 e. The number of carbonyl (C=O) groups excluding carboxylic acids is 1. The second kappa shape index (κ2) is 7.40. The van der Waals surface area contributed by atoms with E-state index in [1.54, 1.807) is 6.92 Å². The zero-order chi connectivity index (χ0) is 16.1. The van der Waals surface area contributed by atoms with E-state index in [0.29, 0.717) is 25.5 Å². The maximum absolute atomic E-state index is 12.5. The summed E-state index contributed by atoms with van der Waals surface area (Å²) in [5.41, 5.74) is 0.990. The molecule has 3 unspecified atom stereocenters. The van der Waals surface area contributed by atoms with Crippen LogP contribution >= 0.6 is 0 Å². The highest BCUT2D eigenvalue weighted by Crippen LogP contribution is 2.24. The Bertz CT molecular complexity index is 517. The van der Waals surface area contributed by atoms with E-state index in [-0.39, 0.29) is 5.91 Å². The Balaban J connectivity index is 1.95. The van der Waals surface area contributed by atoms with Crippen molar-refractivity contribution in [3.8, 4) is 0 Å². The van der Waals surface area contributed by atoms with Crippen LogP contribution in [0, 0.1) is 5.92 Å². The zero-order valence-corrected chi connectivity index (χ0v) is 13.1. The van der Waals surface area contributed by atoms with E-state index < -0.39 is 18.1 Å². The van der Waals surface area contributed by atoms with Crippen LogP contribution in [0.15, 0.2) is 30.3 Å². The number of nitrogens with zero attached hydrogens (tertiary/aromatic N) is 1. The highest BCUT2D eigenvalue weighted by atomic mass is 16.5. The zero-order valence-electron chi connectivity index (χ0n) is 13.1. The number of piperidine rings is 1. The minimum atomic E-state index is -0.935. The van der Waals surface area contributed by atoms with Crippen LogP contribution in [0.2, 0.25) is 0 Å². The molecule has 1 N–H and O–H groups in total. The third-order valence-electron chi connectivity index (χ3n) is 4.12. The summed E-state index contributed by atoms with van der Waals surface area (Å²) in [7, 11) is 0. The first-order valence-electron chi connectivity index (χ1n) is 7.68. The van der Waals surface area contributed by atoms with E-state index in [1.807, 2.05) is 37.3 Å². The van der Waals surface area contributed by atoms with Gasteiger partial charge in [0.2, 0.25) is 0 Å². The van der Waals surface area contributed by atoms with Gasteiger partial charge in [-0.1, -0.05) is 37.3 Å². The normalized spacial score (nSPS) is 23.1. The third kappa shape index (κ3) is 4.07. The van der Waals surface area contributed by atoms with Crippen molar-refractivity contribution in [2.75, 3.05) is 6.54 Å². The number of benzene rings is 1. The van der Waals surface area contributed by atoms with Crippen molar-refractivity contribution in [2.24, 2.45) is 5.92 Å². The van der Waals surface area contributed by atoms with Crippen LogP contribution in [0.1, 0.15) is 32.3 Å². The fourth-order valence-corrected chi connectivity index (χ4v) is 2.74. The van der Waals surface area contributed by atoms with Crippen LogP contribution in [0.25, 0.3) is 0 Å². The maximum Gasteiger partial charge on any atom is 0.326 e. The fourth-order valence-electron chi connectivity index (χ4n) is 2.74. The molecular weight excluding hydrogens is 282 g/mol. The van der Waals surface area contributed by atoms with Crippen molar-refractivity contribution in [2.45, 2.75) is 45.4 Å². The number of hydrogen-bond acceptors (Lipinski definition) is 3. The molecule has 0 bridgehead atoms. The minimum absolute atomic E-state index is 0.241. The first-order valence-corrected chi connectivity index (χ1v) is 7.68. The topological polar surface area (TPSA) is 66.8 Å². The number of carboxylic acid groups (broad SMARTS) is 1. The molecule has 1 aliphatic rings. The summed E-state index contributed by atoms with van der Waals surface area (Å²) in [6.07, 6.45) is 0.698. The Morgan fingerprint density at radius 3 is 2.68 bits per heavy atom. The van der Waals surface area contributed by atoms with Crippen molar-refractivity contribution in [3.63, 3.8) is 0 Å². The molecule has 1 heterocycles. The fraction of sp³-hybridized carbons (Fsp3) is 0.529. The molecule has 22 heavy (non-hydrogen) atoms. The van der Waals surface area contributed by atoms with Crippen molar-refractivity contribution >= 4 is 11.9 Å². The molecule has 0 spiro atoms. The molecule has 0 aromatic heterocycles. The molecule has 1 aromatic rings. The molecule has 1 amide bonds. The number of hydrogen-bond donors (Lipinski definition) is 1. The van der Waals surface area contributed by atoms with E-state index in [1.165, 1.54) is 4.90 Å². The van der Waals surface area contributed by atoms with Gasteiger partial charge in [-0.2, -0.15) is 0 Å². The Kier molecular flexibility index (Phi) is 5.55. The molecule has 1 aliphatic heterocycles. The molecule has 5 nitrogen and oxygen atoms in total. The molecule has 1 fully saturated rings. The second-order valence-corrected chi connectivity index (χ2v) is 5.95. The van der Waals surface area contributed by atoms with Gasteiger partial charge in [0.15, 0.2) is 0 Å². The summed E-state index contributed by atoms with van der Waals surface area (Å²) in [5.74, 6) is -0.851. The quantitative estimate of drug-likeness (QED) is 0.906. The summed E-state index contributed by atoms with van der Waals surface area (Å²) >= 11 is 0. The van der Waals surface area contributed by atoms with Crippen LogP contribution in [0.3, 0.4) is 0 Å². The highest BCUT2D eigenvalue weighted by Gasteiger charge is 2.36. The largest absolute Gasteiger partial charge is 0.480 e. The molecular formula is C17H23NO4. The molecule has 120 valence electrons. The van der Waals surface area contributed by atoms with Gasteiger partial charge in [-0.25, -0.2) is 4.79 Å². The van der Waals surface area contributed by atoms with Crippen molar-refractivity contribution < 1.29 is 19.4 Å². The van der Waals surface area contributed by atoms with Crippen molar-refractivity contribution in [1.82, 2.24) is 4.90 Å². The van der Waals surface area contributed by atoms with E-state index in [9.17, 15) is 14.7 Å². The number of aliphatic carboxylic acids is 1. The maximum atomic E-state index is 12.5. The van der Waals surface area contributed by atoms with Gasteiger partial charge in [0, 0.05) is 6.54 Å². The first kappa shape index (κ1) is 16.5. The smallest absolute Gasteiger partial charge is 0.326 e. The average Bonchev–Trinajstić information content (AvgIpc) is 2.52. The lowest BCUT2D eigenvalue weighted by molar-refractivity contribution is -0.158. The van der Waals surface area contributed by atoms with Gasteiger partial charge in [0.05, 0.1) is 6.61 Å². The van der Waals surface area contributed by atoms with Crippen molar-refractivity contribution in [3.05, 3.63) is 35.9 Å². The Labute approximate surface area is 130 Å². The Morgan fingerprint density at radius 1 is 1.36 bits per heavy atom. The summed E-state index contributed by atoms with van der Waals surface area (Å²) in [5, 5.41) is 9.33. The molecule has 3 atom stereocenters. The van der Waals surface area contributed by atoms with E-state index in [4.69, 9.17) is 4.74 Å². The van der Waals surface area contributed by atoms with Crippen molar-refractivity contribution in [1.29, 1.82) is 0 Å². The summed E-state index contributed by atoms with van der Waals surface area (Å²) in [4.78, 5) is 25.3. The SMILES string of the molecule is CC1CCN(C(=O)C(C)OCc2ccccc2)C(C(=O)O)C1. The van der Waals surface area contributed by atoms with Gasteiger partial charge in [-0.15, -0.1) is 0 Å². The monoisotopic (exact) mass is 305 g/mol. The summed E-state index contributed by atoms with van der Waals surface area (Å²) in [6.45, 7) is 4.53. The Morgan fingerprint density at radius 2 is 2.05 bits per heavy atom. The lowest BCUT2D eigenvalue weighted by Crippen LogP contribution is -2.52. The first-order chi connectivity index (χ1) is 10.5. The van der Waals surface area contributed by atoms with E-state index in [2.05, 4.69) is 0 Å². The number of amides is 1. The van der Waals surface area contributed by atoms with Gasteiger partial charge in [-0.3, -0.25) is 4.79 Å². The average molecular weight is 305 g/mol. The molecule has 1 saturated heterocycles. The summed E-state index contributed by atoms with van der Waals surface area (Å²) < 4.78 is 5.61. The second-order valence-electron chi connectivity index (χ2n) is 5.95. The molecule has 0 aliphatic carbocycles. The molecule has 2 rings (SSSR count). The van der Waals surface area contributed by atoms with Gasteiger partial charge in [0.25, 0.3) is 5.91 Å². The number of carbonyl (C=O) groups is 2. The van der Waals surface area contributed by atoms with Crippen LogP contribution in [0.5, 0.6) is 0 Å². The number of ether oxygens (including phenoxy) is 1. The van der Waals surface area contributed by atoms with Crippen LogP contribution in [-0.2, 0) is 20.9 Å². The predicted molar refractivity (Wildman–Crippen MR) is 82.2 cm³/mol. The van der Waals surface area contributed by atoms with Crippen LogP contribution in [-0.4, -0.2) is 40.6 Å². The highest BCUT2D eigenvalue weighted by molar-refractivity contribution is 5.86. The van der Waals surface area contributed by atoms with E-state index in [0.717, 1.165) is 12.0 Å². The molecule has 1 aromatic carbocycles. The van der Waals surface area contributed by atoms with Gasteiger partial charge in [0.1, 0.15) is 12.1 Å². The number of likely N-dealkylation sites (tertiary alicyclic amines) is 1. The van der Waals surface area contributed by atoms with Crippen LogP contribution in [0.4, 0.5) is 0 Å². The van der Waals surface area contributed by atoms with Crippen LogP contribution < -0.4 is 0 Å². The number of carboxylic acids is 1. The Hall–Kier alpha value is -1.88. The van der Waals surface area contributed by atoms with E-state index >= 15 is 0 Å². The van der Waals surface area contributed by atoms with Gasteiger partial charge in [-0.05, 0) is 31.2 Å².